The molecular weight excluding hydrogens is 368 g/mol. The van der Waals surface area contributed by atoms with Crippen molar-refractivity contribution in [3.63, 3.8) is 0 Å². The van der Waals surface area contributed by atoms with E-state index in [0.717, 1.165) is 32.5 Å². The van der Waals surface area contributed by atoms with Gasteiger partial charge in [0.15, 0.2) is 5.16 Å². The van der Waals surface area contributed by atoms with Crippen molar-refractivity contribution in [2.75, 3.05) is 25.4 Å². The Morgan fingerprint density at radius 2 is 2.27 bits per heavy atom. The lowest BCUT2D eigenvalue weighted by atomic mass is 10.1. The van der Waals surface area contributed by atoms with Crippen LogP contribution in [0.4, 0.5) is 0 Å². The van der Waals surface area contributed by atoms with Gasteiger partial charge in [0.1, 0.15) is 4.83 Å². The predicted molar refractivity (Wildman–Crippen MR) is 108 cm³/mol. The highest BCUT2D eigenvalue weighted by Gasteiger charge is 2.20. The van der Waals surface area contributed by atoms with Crippen LogP contribution < -0.4 is 10.9 Å². The van der Waals surface area contributed by atoms with E-state index in [1.54, 1.807) is 16.7 Å². The third-order valence-corrected chi connectivity index (χ3v) is 6.38. The van der Waals surface area contributed by atoms with Crippen molar-refractivity contribution in [3.05, 3.63) is 34.5 Å². The molecule has 0 spiro atoms. The maximum atomic E-state index is 12.6. The van der Waals surface area contributed by atoms with E-state index in [9.17, 15) is 9.59 Å². The molecule has 3 heterocycles. The van der Waals surface area contributed by atoms with Crippen LogP contribution in [0.2, 0.25) is 0 Å². The van der Waals surface area contributed by atoms with Gasteiger partial charge in [-0.2, -0.15) is 0 Å². The molecule has 3 rings (SSSR count). The average Bonchev–Trinajstić information content (AvgIpc) is 3.12. The lowest BCUT2D eigenvalue weighted by molar-refractivity contribution is -0.119. The van der Waals surface area contributed by atoms with E-state index in [4.69, 9.17) is 0 Å². The molecule has 2 aromatic rings. The molecule has 0 unspecified atom stereocenters. The highest BCUT2D eigenvalue weighted by atomic mass is 32.2. The smallest absolute Gasteiger partial charge is 0.263 e. The number of rotatable bonds is 7. The number of nitrogens with zero attached hydrogens (tertiary/aromatic N) is 3. The van der Waals surface area contributed by atoms with Crippen molar-refractivity contribution in [1.29, 1.82) is 0 Å². The van der Waals surface area contributed by atoms with Crippen molar-refractivity contribution < 1.29 is 4.79 Å². The number of likely N-dealkylation sites (tertiary alicyclic amines) is 1. The summed E-state index contributed by atoms with van der Waals surface area (Å²) in [4.78, 5) is 32.6. The molecule has 0 aliphatic carbocycles. The second kappa shape index (κ2) is 8.83. The first-order chi connectivity index (χ1) is 12.6. The standard InChI is InChI=1S/C18H24N4O2S2/c1-3-8-22-17(24)14-7-11-25-16(14)20-18(22)26-12-15(23)19-13-5-9-21(4-2)10-6-13/h3,7,11,13H,1,4-6,8-10,12H2,2H3,(H,19,23). The second-order valence-corrected chi connectivity index (χ2v) is 8.14. The third kappa shape index (κ3) is 4.36. The number of carbonyl (C=O) groups excluding carboxylic acids is 1. The van der Waals surface area contributed by atoms with Gasteiger partial charge in [-0.05, 0) is 30.8 Å². The largest absolute Gasteiger partial charge is 0.353 e. The SMILES string of the molecule is C=CCn1c(SCC(=O)NC2CCN(CC)CC2)nc2sccc2c1=O. The zero-order chi connectivity index (χ0) is 18.5. The summed E-state index contributed by atoms with van der Waals surface area (Å²) in [5.41, 5.74) is -0.0778. The highest BCUT2D eigenvalue weighted by molar-refractivity contribution is 7.99. The number of aromatic nitrogens is 2. The monoisotopic (exact) mass is 392 g/mol. The van der Waals surface area contributed by atoms with Gasteiger partial charge in [0.05, 0.1) is 11.1 Å². The molecule has 6 nitrogen and oxygen atoms in total. The van der Waals surface area contributed by atoms with Crippen molar-refractivity contribution in [1.82, 2.24) is 19.8 Å². The fourth-order valence-electron chi connectivity index (χ4n) is 3.12. The van der Waals surface area contributed by atoms with Gasteiger partial charge in [-0.3, -0.25) is 14.2 Å². The number of carbonyl (C=O) groups is 1. The lowest BCUT2D eigenvalue weighted by Gasteiger charge is -2.31. The summed E-state index contributed by atoms with van der Waals surface area (Å²) >= 11 is 2.75. The summed E-state index contributed by atoms with van der Waals surface area (Å²) in [6, 6.07) is 2.03. The minimum Gasteiger partial charge on any atom is -0.353 e. The predicted octanol–water partition coefficient (Wildman–Crippen LogP) is 2.34. The van der Waals surface area contributed by atoms with E-state index in [2.05, 4.69) is 28.7 Å². The summed E-state index contributed by atoms with van der Waals surface area (Å²) in [5, 5.41) is 6.16. The highest BCUT2D eigenvalue weighted by Crippen LogP contribution is 2.21. The number of fused-ring (bicyclic) bond motifs is 1. The number of hydrogen-bond acceptors (Lipinski definition) is 6. The number of thioether (sulfide) groups is 1. The molecule has 1 amide bonds. The van der Waals surface area contributed by atoms with Gasteiger partial charge < -0.3 is 10.2 Å². The van der Waals surface area contributed by atoms with Gasteiger partial charge in [-0.1, -0.05) is 24.8 Å². The molecule has 8 heteroatoms. The number of piperidine rings is 1. The first-order valence-corrected chi connectivity index (χ1v) is 10.7. The zero-order valence-corrected chi connectivity index (χ0v) is 16.6. The molecule has 0 radical (unpaired) electrons. The Morgan fingerprint density at radius 1 is 1.50 bits per heavy atom. The van der Waals surface area contributed by atoms with Crippen LogP contribution in [0.15, 0.2) is 34.1 Å². The first kappa shape index (κ1) is 19.1. The van der Waals surface area contributed by atoms with E-state index in [1.165, 1.54) is 23.1 Å². The fraction of sp³-hybridized carbons (Fsp3) is 0.500. The molecule has 1 N–H and O–H groups in total. The Hall–Kier alpha value is -1.64. The molecule has 1 saturated heterocycles. The van der Waals surface area contributed by atoms with Crippen LogP contribution in [0.5, 0.6) is 0 Å². The number of hydrogen-bond donors (Lipinski definition) is 1. The van der Waals surface area contributed by atoms with Gasteiger partial charge in [0.2, 0.25) is 5.91 Å². The van der Waals surface area contributed by atoms with Gasteiger partial charge in [-0.25, -0.2) is 4.98 Å². The van der Waals surface area contributed by atoms with Crippen LogP contribution in [0.3, 0.4) is 0 Å². The molecule has 26 heavy (non-hydrogen) atoms. The van der Waals surface area contributed by atoms with Crippen molar-refractivity contribution in [3.8, 4) is 0 Å². The van der Waals surface area contributed by atoms with E-state index in [1.807, 2.05) is 5.38 Å². The Morgan fingerprint density at radius 3 is 2.96 bits per heavy atom. The molecule has 140 valence electrons. The Bertz CT molecular complexity index is 837. The normalized spacial score (nSPS) is 16.0. The molecular formula is C18H24N4O2S2. The molecule has 0 saturated carbocycles. The topological polar surface area (TPSA) is 67.2 Å². The summed E-state index contributed by atoms with van der Waals surface area (Å²) in [6.07, 6.45) is 3.66. The van der Waals surface area contributed by atoms with Crippen LogP contribution in [-0.4, -0.2) is 51.8 Å². The number of thiophene rings is 1. The first-order valence-electron chi connectivity index (χ1n) is 8.85. The molecule has 0 atom stereocenters. The van der Waals surface area contributed by atoms with E-state index >= 15 is 0 Å². The Kier molecular flexibility index (Phi) is 6.50. The second-order valence-electron chi connectivity index (χ2n) is 6.30. The molecule has 0 aromatic carbocycles. The minimum absolute atomic E-state index is 0.00405. The zero-order valence-electron chi connectivity index (χ0n) is 14.9. The lowest BCUT2D eigenvalue weighted by Crippen LogP contribution is -2.45. The van der Waals surface area contributed by atoms with Crippen LogP contribution in [0.25, 0.3) is 10.2 Å². The number of allylic oxidation sites excluding steroid dienone is 1. The molecule has 1 fully saturated rings. The van der Waals surface area contributed by atoms with Crippen LogP contribution in [0.1, 0.15) is 19.8 Å². The van der Waals surface area contributed by atoms with Gasteiger partial charge in [-0.15, -0.1) is 17.9 Å². The molecule has 2 aromatic heterocycles. The Balaban J connectivity index is 1.63. The van der Waals surface area contributed by atoms with E-state index < -0.39 is 0 Å². The average molecular weight is 393 g/mol. The van der Waals surface area contributed by atoms with Crippen molar-refractivity contribution >= 4 is 39.2 Å². The molecule has 1 aliphatic rings. The minimum atomic E-state index is -0.0778. The van der Waals surface area contributed by atoms with Crippen molar-refractivity contribution in [2.45, 2.75) is 37.5 Å². The maximum Gasteiger partial charge on any atom is 0.263 e. The summed E-state index contributed by atoms with van der Waals surface area (Å²) in [5.74, 6) is 0.254. The van der Waals surface area contributed by atoms with Crippen molar-refractivity contribution in [2.24, 2.45) is 0 Å². The van der Waals surface area contributed by atoms with Crippen LogP contribution in [0, 0.1) is 0 Å². The maximum absolute atomic E-state index is 12.6. The van der Waals surface area contributed by atoms with Gasteiger partial charge in [0.25, 0.3) is 5.56 Å². The summed E-state index contributed by atoms with van der Waals surface area (Å²) < 4.78 is 1.58. The van der Waals surface area contributed by atoms with Gasteiger partial charge in [0, 0.05) is 25.7 Å². The molecule has 0 bridgehead atoms. The number of amides is 1. The Labute approximate surface area is 161 Å². The summed E-state index contributed by atoms with van der Waals surface area (Å²) in [6.45, 7) is 9.39. The van der Waals surface area contributed by atoms with E-state index in [-0.39, 0.29) is 23.3 Å². The van der Waals surface area contributed by atoms with Gasteiger partial charge >= 0.3 is 0 Å². The van der Waals surface area contributed by atoms with Crippen LogP contribution >= 0.6 is 23.1 Å². The third-order valence-electron chi connectivity index (χ3n) is 4.59. The quantitative estimate of drug-likeness (QED) is 0.445. The van der Waals surface area contributed by atoms with E-state index in [0.29, 0.717) is 21.9 Å². The summed E-state index contributed by atoms with van der Waals surface area (Å²) in [7, 11) is 0. The van der Waals surface area contributed by atoms with Crippen LogP contribution in [-0.2, 0) is 11.3 Å². The molecule has 1 aliphatic heterocycles. The fourth-order valence-corrected chi connectivity index (χ4v) is 4.75. The number of nitrogens with one attached hydrogen (secondary N) is 1.